The Labute approximate surface area is 120 Å². The van der Waals surface area contributed by atoms with E-state index in [-0.39, 0.29) is 6.10 Å². The van der Waals surface area contributed by atoms with Crippen molar-refractivity contribution in [3.8, 4) is 0 Å². The van der Waals surface area contributed by atoms with Crippen molar-refractivity contribution in [3.63, 3.8) is 0 Å². The van der Waals surface area contributed by atoms with Crippen molar-refractivity contribution in [1.82, 2.24) is 15.0 Å². The maximum atomic E-state index is 10.2. The number of aliphatic hydroxyl groups is 1. The smallest absolute Gasteiger partial charge is 0.226 e. The molecule has 1 aliphatic heterocycles. The molecule has 0 amide bonds. The maximum Gasteiger partial charge on any atom is 0.226 e. The van der Waals surface area contributed by atoms with Crippen LogP contribution in [0, 0.1) is 5.92 Å². The monoisotopic (exact) mass is 279 g/mol. The zero-order valence-electron chi connectivity index (χ0n) is 12.3. The summed E-state index contributed by atoms with van der Waals surface area (Å²) < 4.78 is 5.20. The quantitative estimate of drug-likeness (QED) is 0.915. The number of nitrogens with zero attached hydrogens (tertiary/aromatic N) is 3. The van der Waals surface area contributed by atoms with Gasteiger partial charge in [0.05, 0.1) is 12.6 Å². The Morgan fingerprint density at radius 1 is 1.25 bits per heavy atom. The van der Waals surface area contributed by atoms with Crippen LogP contribution in [0.15, 0.2) is 4.52 Å². The van der Waals surface area contributed by atoms with Gasteiger partial charge in [-0.3, -0.25) is 4.90 Å². The molecule has 1 aliphatic carbocycles. The van der Waals surface area contributed by atoms with Crippen molar-refractivity contribution in [2.75, 3.05) is 6.54 Å². The Morgan fingerprint density at radius 3 is 2.85 bits per heavy atom. The third kappa shape index (κ3) is 2.88. The third-order valence-electron chi connectivity index (χ3n) is 4.85. The molecule has 0 aromatic carbocycles. The van der Waals surface area contributed by atoms with Crippen LogP contribution in [0.25, 0.3) is 0 Å². The van der Waals surface area contributed by atoms with Crippen molar-refractivity contribution in [2.45, 2.75) is 70.6 Å². The predicted octanol–water partition coefficient (Wildman–Crippen LogP) is 2.15. The molecule has 3 rings (SSSR count). The van der Waals surface area contributed by atoms with Crippen molar-refractivity contribution in [3.05, 3.63) is 11.7 Å². The molecule has 1 aromatic heterocycles. The van der Waals surface area contributed by atoms with Gasteiger partial charge in [-0.2, -0.15) is 4.98 Å². The first kappa shape index (κ1) is 14.0. The average Bonchev–Trinajstić information content (AvgIpc) is 3.08. The first-order valence-electron chi connectivity index (χ1n) is 8.01. The fourth-order valence-electron chi connectivity index (χ4n) is 3.80. The van der Waals surface area contributed by atoms with E-state index in [0.29, 0.717) is 12.0 Å². The van der Waals surface area contributed by atoms with E-state index in [1.54, 1.807) is 0 Å². The van der Waals surface area contributed by atoms with E-state index in [9.17, 15) is 5.11 Å². The van der Waals surface area contributed by atoms with E-state index < -0.39 is 0 Å². The van der Waals surface area contributed by atoms with E-state index in [0.717, 1.165) is 44.1 Å². The Balaban J connectivity index is 1.68. The van der Waals surface area contributed by atoms with Crippen LogP contribution < -0.4 is 0 Å². The predicted molar refractivity (Wildman–Crippen MR) is 75.1 cm³/mol. The lowest BCUT2D eigenvalue weighted by atomic mass is 9.88. The summed E-state index contributed by atoms with van der Waals surface area (Å²) in [4.78, 5) is 6.89. The topological polar surface area (TPSA) is 62.4 Å². The Hall–Kier alpha value is -0.940. The first-order chi connectivity index (χ1) is 9.78. The second-order valence-electron chi connectivity index (χ2n) is 6.15. The van der Waals surface area contributed by atoms with Crippen LogP contribution in [0.5, 0.6) is 0 Å². The van der Waals surface area contributed by atoms with Gasteiger partial charge in [-0.05, 0) is 32.2 Å². The van der Waals surface area contributed by atoms with E-state index in [2.05, 4.69) is 15.0 Å². The fraction of sp³-hybridized carbons (Fsp3) is 0.867. The Bertz CT molecular complexity index is 435. The Kier molecular flexibility index (Phi) is 4.36. The van der Waals surface area contributed by atoms with Crippen LogP contribution in [0.4, 0.5) is 0 Å². The molecule has 3 atom stereocenters. The highest BCUT2D eigenvalue weighted by Gasteiger charge is 2.37. The van der Waals surface area contributed by atoms with Crippen LogP contribution in [0.3, 0.4) is 0 Å². The molecule has 2 heterocycles. The lowest BCUT2D eigenvalue weighted by Gasteiger charge is -2.39. The molecule has 3 unspecified atom stereocenters. The SMILES string of the molecule is CCc1nc(CN2CCCCC2C2CCCC2O)no1. The summed E-state index contributed by atoms with van der Waals surface area (Å²) in [6.07, 6.45) is 7.67. The summed E-state index contributed by atoms with van der Waals surface area (Å²) in [6, 6.07) is 0.491. The van der Waals surface area contributed by atoms with Gasteiger partial charge in [0.15, 0.2) is 5.82 Å². The first-order valence-corrected chi connectivity index (χ1v) is 8.01. The van der Waals surface area contributed by atoms with Crippen molar-refractivity contribution >= 4 is 0 Å². The number of aromatic nitrogens is 2. The fourth-order valence-corrected chi connectivity index (χ4v) is 3.80. The van der Waals surface area contributed by atoms with Crippen LogP contribution in [0.1, 0.15) is 57.2 Å². The van der Waals surface area contributed by atoms with Gasteiger partial charge >= 0.3 is 0 Å². The zero-order valence-corrected chi connectivity index (χ0v) is 12.3. The lowest BCUT2D eigenvalue weighted by Crippen LogP contribution is -2.46. The molecule has 0 bridgehead atoms. The minimum atomic E-state index is -0.114. The molecule has 112 valence electrons. The van der Waals surface area contributed by atoms with Crippen LogP contribution >= 0.6 is 0 Å². The van der Waals surface area contributed by atoms with Gasteiger partial charge in [-0.25, -0.2) is 0 Å². The molecule has 1 saturated heterocycles. The van der Waals surface area contributed by atoms with Crippen molar-refractivity contribution in [1.29, 1.82) is 0 Å². The molecule has 1 saturated carbocycles. The molecule has 5 nitrogen and oxygen atoms in total. The highest BCUT2D eigenvalue weighted by Crippen LogP contribution is 2.35. The number of hydrogen-bond acceptors (Lipinski definition) is 5. The minimum absolute atomic E-state index is 0.114. The molecule has 2 fully saturated rings. The number of aliphatic hydroxyl groups excluding tert-OH is 1. The normalized spacial score (nSPS) is 31.8. The number of likely N-dealkylation sites (tertiary alicyclic amines) is 1. The lowest BCUT2D eigenvalue weighted by molar-refractivity contribution is 0.0297. The molecule has 2 aliphatic rings. The van der Waals surface area contributed by atoms with Gasteiger partial charge in [-0.15, -0.1) is 0 Å². The van der Waals surface area contributed by atoms with Crippen LogP contribution in [-0.4, -0.2) is 38.8 Å². The van der Waals surface area contributed by atoms with Crippen LogP contribution in [-0.2, 0) is 13.0 Å². The summed E-state index contributed by atoms with van der Waals surface area (Å²) in [5.74, 6) is 1.95. The molecule has 0 spiro atoms. The van der Waals surface area contributed by atoms with Crippen molar-refractivity contribution in [2.24, 2.45) is 5.92 Å². The van der Waals surface area contributed by atoms with Crippen LogP contribution in [0.2, 0.25) is 0 Å². The molecule has 20 heavy (non-hydrogen) atoms. The van der Waals surface area contributed by atoms with Crippen molar-refractivity contribution < 1.29 is 9.63 Å². The highest BCUT2D eigenvalue weighted by molar-refractivity contribution is 4.93. The molecular formula is C15H25N3O2. The second kappa shape index (κ2) is 6.22. The van der Waals surface area contributed by atoms with Gasteiger partial charge in [0, 0.05) is 18.4 Å². The van der Waals surface area contributed by atoms with Gasteiger partial charge < -0.3 is 9.63 Å². The molecular weight excluding hydrogens is 254 g/mol. The average molecular weight is 279 g/mol. The molecule has 0 radical (unpaired) electrons. The van der Waals surface area contributed by atoms with E-state index in [1.807, 2.05) is 6.92 Å². The summed E-state index contributed by atoms with van der Waals surface area (Å²) in [5, 5.41) is 14.3. The summed E-state index contributed by atoms with van der Waals surface area (Å²) in [5.41, 5.74) is 0. The number of rotatable bonds is 4. The summed E-state index contributed by atoms with van der Waals surface area (Å²) in [6.45, 7) is 3.87. The largest absolute Gasteiger partial charge is 0.393 e. The van der Waals surface area contributed by atoms with E-state index in [1.165, 1.54) is 25.7 Å². The second-order valence-corrected chi connectivity index (χ2v) is 6.15. The number of hydrogen-bond donors (Lipinski definition) is 1. The molecule has 1 aromatic rings. The number of aryl methyl sites for hydroxylation is 1. The molecule has 1 N–H and O–H groups in total. The van der Waals surface area contributed by atoms with E-state index in [4.69, 9.17) is 4.52 Å². The maximum absolute atomic E-state index is 10.2. The minimum Gasteiger partial charge on any atom is -0.393 e. The van der Waals surface area contributed by atoms with Gasteiger partial charge in [0.1, 0.15) is 0 Å². The third-order valence-corrected chi connectivity index (χ3v) is 4.85. The zero-order chi connectivity index (χ0) is 13.9. The summed E-state index contributed by atoms with van der Waals surface area (Å²) in [7, 11) is 0. The van der Waals surface area contributed by atoms with Gasteiger partial charge in [-0.1, -0.05) is 24.9 Å². The Morgan fingerprint density at radius 2 is 2.15 bits per heavy atom. The molecule has 5 heteroatoms. The standard InChI is InChI=1S/C15H25N3O2/c1-2-15-16-14(17-20-15)10-18-9-4-3-7-12(18)11-6-5-8-13(11)19/h11-13,19H,2-10H2,1H3. The highest BCUT2D eigenvalue weighted by atomic mass is 16.5. The number of piperidine rings is 1. The van der Waals surface area contributed by atoms with E-state index >= 15 is 0 Å². The summed E-state index contributed by atoms with van der Waals surface area (Å²) >= 11 is 0. The van der Waals surface area contributed by atoms with Gasteiger partial charge in [0.2, 0.25) is 5.89 Å². The van der Waals surface area contributed by atoms with Gasteiger partial charge in [0.25, 0.3) is 0 Å².